The molecule has 0 saturated carbocycles. The normalized spacial score (nSPS) is 11.0. The third-order valence-corrected chi connectivity index (χ3v) is 5.69. The maximum absolute atomic E-state index is 5.79. The van der Waals surface area contributed by atoms with Crippen molar-refractivity contribution in [1.82, 2.24) is 15.0 Å². The molecule has 3 heterocycles. The fourth-order valence-electron chi connectivity index (χ4n) is 4.26. The molecule has 4 nitrogen and oxygen atoms in total. The van der Waals surface area contributed by atoms with Crippen molar-refractivity contribution >= 4 is 10.8 Å². The summed E-state index contributed by atoms with van der Waals surface area (Å²) >= 11 is 0. The van der Waals surface area contributed by atoms with Gasteiger partial charge in [0.25, 0.3) is 0 Å². The Kier molecular flexibility index (Phi) is 4.74. The summed E-state index contributed by atoms with van der Waals surface area (Å²) in [5.74, 6) is 1.34. The van der Waals surface area contributed by atoms with Gasteiger partial charge in [0.05, 0.1) is 12.0 Å². The third kappa shape index (κ3) is 3.38. The second-order valence-corrected chi connectivity index (χ2v) is 7.62. The van der Waals surface area contributed by atoms with Gasteiger partial charge in [-0.1, -0.05) is 48.5 Å². The summed E-state index contributed by atoms with van der Waals surface area (Å²) in [4.78, 5) is 13.9. The highest BCUT2D eigenvalue weighted by molar-refractivity contribution is 6.05. The smallest absolute Gasteiger partial charge is 0.160 e. The minimum absolute atomic E-state index is 0.611. The highest BCUT2D eigenvalue weighted by Gasteiger charge is 2.23. The minimum atomic E-state index is 0.611. The van der Waals surface area contributed by atoms with Crippen molar-refractivity contribution in [3.05, 3.63) is 116 Å². The summed E-state index contributed by atoms with van der Waals surface area (Å²) in [6.07, 6.45) is 6.98. The lowest BCUT2D eigenvalue weighted by Gasteiger charge is -2.18. The zero-order valence-corrected chi connectivity index (χ0v) is 17.6. The standard InChI is InChI=1S/C29H18N3O/c1-2-10-21-20(8-1)9-5-11-22(21)23-14-15-24(26-13-6-19-33-26)28(29-31-17-7-18-32-29)27(23)25-12-3-4-16-30-25/h1-13,15-19H. The Morgan fingerprint density at radius 3 is 2.27 bits per heavy atom. The van der Waals surface area contributed by atoms with Gasteiger partial charge in [-0.3, -0.25) is 4.98 Å². The van der Waals surface area contributed by atoms with Gasteiger partial charge < -0.3 is 4.42 Å². The van der Waals surface area contributed by atoms with Gasteiger partial charge in [-0.05, 0) is 58.8 Å². The summed E-state index contributed by atoms with van der Waals surface area (Å²) in [7, 11) is 0. The summed E-state index contributed by atoms with van der Waals surface area (Å²) in [5, 5.41) is 2.32. The van der Waals surface area contributed by atoms with Crippen molar-refractivity contribution < 1.29 is 4.42 Å². The fraction of sp³-hybridized carbons (Fsp3) is 0. The lowest BCUT2D eigenvalue weighted by atomic mass is 9.87. The lowest BCUT2D eigenvalue weighted by Crippen LogP contribution is -1.98. The lowest BCUT2D eigenvalue weighted by molar-refractivity contribution is 0.582. The molecule has 0 aliphatic rings. The molecule has 33 heavy (non-hydrogen) atoms. The van der Waals surface area contributed by atoms with Crippen LogP contribution >= 0.6 is 0 Å². The van der Waals surface area contributed by atoms with E-state index >= 15 is 0 Å². The van der Waals surface area contributed by atoms with Crippen molar-refractivity contribution in [3.8, 4) is 45.1 Å². The molecule has 0 bridgehead atoms. The first-order valence-corrected chi connectivity index (χ1v) is 10.7. The Balaban J connectivity index is 1.77. The second-order valence-electron chi connectivity index (χ2n) is 7.62. The van der Waals surface area contributed by atoms with Crippen LogP contribution in [0, 0.1) is 6.07 Å². The molecule has 6 aromatic rings. The number of hydrogen-bond donors (Lipinski definition) is 0. The van der Waals surface area contributed by atoms with E-state index in [0.29, 0.717) is 5.82 Å². The zero-order chi connectivity index (χ0) is 22.0. The molecule has 0 aliphatic carbocycles. The highest BCUT2D eigenvalue weighted by atomic mass is 16.3. The molecule has 3 aromatic carbocycles. The number of furan rings is 1. The molecular weight excluding hydrogens is 406 g/mol. The molecule has 155 valence electrons. The van der Waals surface area contributed by atoms with Crippen LogP contribution in [-0.2, 0) is 0 Å². The van der Waals surface area contributed by atoms with Gasteiger partial charge in [-0.25, -0.2) is 9.97 Å². The van der Waals surface area contributed by atoms with E-state index in [2.05, 4.69) is 58.5 Å². The Morgan fingerprint density at radius 2 is 1.45 bits per heavy atom. The summed E-state index contributed by atoms with van der Waals surface area (Å²) in [6, 6.07) is 31.8. The molecule has 0 fully saturated rings. The van der Waals surface area contributed by atoms with Crippen molar-refractivity contribution in [2.75, 3.05) is 0 Å². The van der Waals surface area contributed by atoms with Crippen LogP contribution in [0.1, 0.15) is 0 Å². The molecule has 0 saturated heterocycles. The van der Waals surface area contributed by atoms with Gasteiger partial charge in [0.1, 0.15) is 5.76 Å². The maximum Gasteiger partial charge on any atom is 0.160 e. The molecule has 0 spiro atoms. The van der Waals surface area contributed by atoms with E-state index in [-0.39, 0.29) is 0 Å². The van der Waals surface area contributed by atoms with Gasteiger partial charge in [0.15, 0.2) is 5.82 Å². The van der Waals surface area contributed by atoms with Gasteiger partial charge in [-0.2, -0.15) is 0 Å². The quantitative estimate of drug-likeness (QED) is 0.303. The number of rotatable bonds is 4. The molecule has 0 aliphatic heterocycles. The molecule has 0 amide bonds. The van der Waals surface area contributed by atoms with Gasteiger partial charge in [0.2, 0.25) is 0 Å². The molecule has 3 aromatic heterocycles. The average Bonchev–Trinajstić information content (AvgIpc) is 3.43. The van der Waals surface area contributed by atoms with Gasteiger partial charge in [0, 0.05) is 40.8 Å². The van der Waals surface area contributed by atoms with Crippen LogP contribution in [0.5, 0.6) is 0 Å². The first-order chi connectivity index (χ1) is 16.4. The second kappa shape index (κ2) is 8.17. The third-order valence-electron chi connectivity index (χ3n) is 5.69. The van der Waals surface area contributed by atoms with E-state index in [1.165, 1.54) is 5.39 Å². The molecule has 0 N–H and O–H groups in total. The summed E-state index contributed by atoms with van der Waals surface area (Å²) in [5.41, 5.74) is 5.52. The number of hydrogen-bond acceptors (Lipinski definition) is 4. The first-order valence-electron chi connectivity index (χ1n) is 10.7. The monoisotopic (exact) mass is 424 g/mol. The molecular formula is C29H18N3O. The first kappa shape index (κ1) is 19.1. The highest BCUT2D eigenvalue weighted by Crippen LogP contribution is 2.44. The van der Waals surface area contributed by atoms with E-state index < -0.39 is 0 Å². The molecule has 0 atom stereocenters. The van der Waals surface area contributed by atoms with Crippen molar-refractivity contribution in [2.24, 2.45) is 0 Å². The topological polar surface area (TPSA) is 51.8 Å². The van der Waals surface area contributed by atoms with Crippen molar-refractivity contribution in [3.63, 3.8) is 0 Å². The largest absolute Gasteiger partial charge is 0.464 e. The van der Waals surface area contributed by atoms with E-state index in [1.54, 1.807) is 24.9 Å². The fourth-order valence-corrected chi connectivity index (χ4v) is 4.26. The number of benzene rings is 3. The van der Waals surface area contributed by atoms with Crippen LogP contribution in [0.4, 0.5) is 0 Å². The number of fused-ring (bicyclic) bond motifs is 1. The Bertz CT molecular complexity index is 1540. The number of nitrogens with zero attached hydrogens (tertiary/aromatic N) is 3. The van der Waals surface area contributed by atoms with Crippen LogP contribution in [0.25, 0.3) is 55.9 Å². The molecule has 0 unspecified atom stereocenters. The Morgan fingerprint density at radius 1 is 0.636 bits per heavy atom. The summed E-state index contributed by atoms with van der Waals surface area (Å²) in [6.45, 7) is 0. The van der Waals surface area contributed by atoms with E-state index in [1.807, 2.05) is 42.5 Å². The van der Waals surface area contributed by atoms with Crippen molar-refractivity contribution in [1.29, 1.82) is 0 Å². The Hall–Kier alpha value is -4.57. The minimum Gasteiger partial charge on any atom is -0.464 e. The van der Waals surface area contributed by atoms with Crippen LogP contribution < -0.4 is 0 Å². The number of aromatic nitrogens is 3. The summed E-state index contributed by atoms with van der Waals surface area (Å²) < 4.78 is 5.79. The molecule has 4 heteroatoms. The predicted molar refractivity (Wildman–Crippen MR) is 130 cm³/mol. The van der Waals surface area contributed by atoms with E-state index in [4.69, 9.17) is 9.40 Å². The van der Waals surface area contributed by atoms with Crippen LogP contribution in [0.15, 0.2) is 114 Å². The number of pyridine rings is 1. The predicted octanol–water partition coefficient (Wildman–Crippen LogP) is 7.09. The SMILES string of the molecule is [c]1cc(-c2ccco2)c(-c2ncccn2)c(-c2ccccn2)c1-c1cccc2ccccc12. The maximum atomic E-state index is 5.79. The van der Waals surface area contributed by atoms with Crippen LogP contribution in [-0.4, -0.2) is 15.0 Å². The molecule has 6 rings (SSSR count). The van der Waals surface area contributed by atoms with E-state index in [0.717, 1.165) is 44.7 Å². The van der Waals surface area contributed by atoms with Crippen LogP contribution in [0.3, 0.4) is 0 Å². The van der Waals surface area contributed by atoms with Crippen molar-refractivity contribution in [2.45, 2.75) is 0 Å². The van der Waals surface area contributed by atoms with Crippen LogP contribution in [0.2, 0.25) is 0 Å². The van der Waals surface area contributed by atoms with Gasteiger partial charge in [-0.15, -0.1) is 0 Å². The Labute approximate surface area is 191 Å². The molecule has 1 radical (unpaired) electrons. The van der Waals surface area contributed by atoms with E-state index in [9.17, 15) is 0 Å². The van der Waals surface area contributed by atoms with Gasteiger partial charge >= 0.3 is 0 Å². The zero-order valence-electron chi connectivity index (χ0n) is 17.6. The average molecular weight is 424 g/mol.